The van der Waals surface area contributed by atoms with Gasteiger partial charge in [-0.25, -0.2) is 0 Å². The van der Waals surface area contributed by atoms with Crippen LogP contribution in [0.1, 0.15) is 18.4 Å². The number of aromatic nitrogens is 1. The summed E-state index contributed by atoms with van der Waals surface area (Å²) in [6.45, 7) is 1.31. The summed E-state index contributed by atoms with van der Waals surface area (Å²) in [7, 11) is 1.66. The maximum atomic E-state index is 11.9. The molecule has 1 saturated heterocycles. The van der Waals surface area contributed by atoms with E-state index in [2.05, 4.69) is 10.3 Å². The van der Waals surface area contributed by atoms with Crippen LogP contribution in [0.2, 0.25) is 0 Å². The minimum Gasteiger partial charge on any atom is -0.497 e. The van der Waals surface area contributed by atoms with Gasteiger partial charge in [0.1, 0.15) is 11.9 Å². The number of hydrogen-bond donors (Lipinski definition) is 2. The molecule has 1 fully saturated rings. The Morgan fingerprint density at radius 3 is 3.19 bits per heavy atom. The lowest BCUT2D eigenvalue weighted by atomic mass is 10.1. The van der Waals surface area contributed by atoms with Crippen LogP contribution in [-0.2, 0) is 16.0 Å². The summed E-state index contributed by atoms with van der Waals surface area (Å²) < 4.78 is 10.6. The number of carbonyl (C=O) groups excluding carboxylic acids is 1. The van der Waals surface area contributed by atoms with Crippen molar-refractivity contribution in [2.45, 2.75) is 25.4 Å². The number of nitrogens with one attached hydrogen (secondary N) is 2. The van der Waals surface area contributed by atoms with Gasteiger partial charge >= 0.3 is 0 Å². The van der Waals surface area contributed by atoms with Crippen molar-refractivity contribution in [3.05, 3.63) is 30.0 Å². The molecule has 1 aromatic heterocycles. The molecule has 0 bridgehead atoms. The predicted molar refractivity (Wildman–Crippen MR) is 80.5 cm³/mol. The van der Waals surface area contributed by atoms with Crippen molar-refractivity contribution in [1.29, 1.82) is 0 Å². The van der Waals surface area contributed by atoms with Gasteiger partial charge in [-0.05, 0) is 43.0 Å². The van der Waals surface area contributed by atoms with E-state index in [0.29, 0.717) is 13.2 Å². The van der Waals surface area contributed by atoms with Gasteiger partial charge in [0.15, 0.2) is 0 Å². The van der Waals surface area contributed by atoms with E-state index >= 15 is 0 Å². The lowest BCUT2D eigenvalue weighted by Crippen LogP contribution is -2.35. The molecule has 1 amide bonds. The van der Waals surface area contributed by atoms with E-state index in [9.17, 15) is 4.79 Å². The molecule has 0 aliphatic carbocycles. The average molecular weight is 288 g/mol. The van der Waals surface area contributed by atoms with Crippen molar-refractivity contribution in [3.8, 4) is 5.75 Å². The van der Waals surface area contributed by atoms with Crippen molar-refractivity contribution in [2.75, 3.05) is 20.3 Å². The Morgan fingerprint density at radius 1 is 1.52 bits per heavy atom. The molecule has 1 aliphatic rings. The first kappa shape index (κ1) is 13.9. The number of H-pyrrole nitrogens is 1. The Kier molecular flexibility index (Phi) is 4.10. The number of aromatic amines is 1. The van der Waals surface area contributed by atoms with Crippen molar-refractivity contribution < 1.29 is 14.3 Å². The van der Waals surface area contributed by atoms with Crippen LogP contribution >= 0.6 is 0 Å². The quantitative estimate of drug-likeness (QED) is 0.884. The molecule has 2 heterocycles. The standard InChI is InChI=1S/C16H20N2O3/c1-20-12-4-5-14-13(9-12)11(10-18-14)6-7-17-16(19)15-3-2-8-21-15/h4-5,9-10,15,18H,2-3,6-8H2,1H3,(H,17,19)/t15-/m1/s1. The van der Waals surface area contributed by atoms with Crippen molar-refractivity contribution in [3.63, 3.8) is 0 Å². The molecule has 1 aliphatic heterocycles. The molecular formula is C16H20N2O3. The molecule has 5 nitrogen and oxygen atoms in total. The zero-order valence-electron chi connectivity index (χ0n) is 12.1. The molecule has 2 N–H and O–H groups in total. The van der Waals surface area contributed by atoms with E-state index in [1.54, 1.807) is 7.11 Å². The van der Waals surface area contributed by atoms with Crippen LogP contribution in [0.5, 0.6) is 5.75 Å². The van der Waals surface area contributed by atoms with E-state index in [0.717, 1.165) is 35.9 Å². The molecule has 2 aromatic rings. The maximum Gasteiger partial charge on any atom is 0.249 e. The second-order valence-electron chi connectivity index (χ2n) is 5.27. The summed E-state index contributed by atoms with van der Waals surface area (Å²) in [5, 5.41) is 4.09. The summed E-state index contributed by atoms with van der Waals surface area (Å²) in [6.07, 6.45) is 4.32. The number of ether oxygens (including phenoxy) is 2. The molecule has 0 saturated carbocycles. The van der Waals surface area contributed by atoms with Crippen LogP contribution in [0, 0.1) is 0 Å². The minimum absolute atomic E-state index is 0.00456. The normalized spacial score (nSPS) is 18.0. The Morgan fingerprint density at radius 2 is 2.43 bits per heavy atom. The fourth-order valence-electron chi connectivity index (χ4n) is 2.71. The third kappa shape index (κ3) is 3.03. The summed E-state index contributed by atoms with van der Waals surface area (Å²) in [5.74, 6) is 0.844. The number of fused-ring (bicyclic) bond motifs is 1. The number of hydrogen-bond acceptors (Lipinski definition) is 3. The smallest absolute Gasteiger partial charge is 0.249 e. The van der Waals surface area contributed by atoms with Crippen LogP contribution in [0.25, 0.3) is 10.9 Å². The van der Waals surface area contributed by atoms with Gasteiger partial charge in [-0.3, -0.25) is 4.79 Å². The molecular weight excluding hydrogens is 268 g/mol. The number of methoxy groups -OCH3 is 1. The van der Waals surface area contributed by atoms with Gasteiger partial charge in [-0.15, -0.1) is 0 Å². The average Bonchev–Trinajstić information content (AvgIpc) is 3.16. The Balaban J connectivity index is 1.61. The number of rotatable bonds is 5. The van der Waals surface area contributed by atoms with E-state index in [4.69, 9.17) is 9.47 Å². The van der Waals surface area contributed by atoms with E-state index < -0.39 is 0 Å². The summed E-state index contributed by atoms with van der Waals surface area (Å²) in [5.41, 5.74) is 2.26. The first-order valence-corrected chi connectivity index (χ1v) is 7.31. The molecule has 112 valence electrons. The zero-order chi connectivity index (χ0) is 14.7. The Labute approximate surface area is 123 Å². The van der Waals surface area contributed by atoms with Gasteiger partial charge in [0, 0.05) is 30.3 Å². The van der Waals surface area contributed by atoms with Crippen LogP contribution in [-0.4, -0.2) is 37.3 Å². The van der Waals surface area contributed by atoms with Crippen molar-refractivity contribution in [1.82, 2.24) is 10.3 Å². The van der Waals surface area contributed by atoms with Gasteiger partial charge in [-0.2, -0.15) is 0 Å². The molecule has 1 aromatic carbocycles. The first-order valence-electron chi connectivity index (χ1n) is 7.31. The lowest BCUT2D eigenvalue weighted by molar-refractivity contribution is -0.129. The highest BCUT2D eigenvalue weighted by atomic mass is 16.5. The highest BCUT2D eigenvalue weighted by Crippen LogP contribution is 2.23. The number of carbonyl (C=O) groups is 1. The second-order valence-corrected chi connectivity index (χ2v) is 5.27. The van der Waals surface area contributed by atoms with E-state index in [1.807, 2.05) is 24.4 Å². The van der Waals surface area contributed by atoms with Crippen LogP contribution in [0.4, 0.5) is 0 Å². The van der Waals surface area contributed by atoms with Gasteiger partial charge in [0.2, 0.25) is 5.91 Å². The predicted octanol–water partition coefficient (Wildman–Crippen LogP) is 2.01. The largest absolute Gasteiger partial charge is 0.497 e. The zero-order valence-corrected chi connectivity index (χ0v) is 12.1. The summed E-state index contributed by atoms with van der Waals surface area (Å²) in [4.78, 5) is 15.1. The van der Waals surface area contributed by atoms with Crippen molar-refractivity contribution in [2.24, 2.45) is 0 Å². The van der Waals surface area contributed by atoms with E-state index in [1.165, 1.54) is 5.56 Å². The second kappa shape index (κ2) is 6.18. The Bertz CT molecular complexity index is 629. The SMILES string of the molecule is COc1ccc2[nH]cc(CCNC(=O)[C@H]3CCCO3)c2c1. The van der Waals surface area contributed by atoms with Gasteiger partial charge in [-0.1, -0.05) is 0 Å². The third-order valence-electron chi connectivity index (χ3n) is 3.89. The number of amides is 1. The van der Waals surface area contributed by atoms with Crippen LogP contribution in [0.3, 0.4) is 0 Å². The first-order chi connectivity index (χ1) is 10.3. The molecule has 0 radical (unpaired) electrons. The highest BCUT2D eigenvalue weighted by molar-refractivity contribution is 5.85. The molecule has 0 spiro atoms. The van der Waals surface area contributed by atoms with Crippen LogP contribution in [0.15, 0.2) is 24.4 Å². The monoisotopic (exact) mass is 288 g/mol. The summed E-state index contributed by atoms with van der Waals surface area (Å²) >= 11 is 0. The summed E-state index contributed by atoms with van der Waals surface area (Å²) in [6, 6.07) is 5.95. The third-order valence-corrected chi connectivity index (χ3v) is 3.89. The highest BCUT2D eigenvalue weighted by Gasteiger charge is 2.22. The fraction of sp³-hybridized carbons (Fsp3) is 0.438. The Hall–Kier alpha value is -2.01. The number of benzene rings is 1. The fourth-order valence-corrected chi connectivity index (χ4v) is 2.71. The van der Waals surface area contributed by atoms with Crippen LogP contribution < -0.4 is 10.1 Å². The lowest BCUT2D eigenvalue weighted by Gasteiger charge is -2.10. The molecule has 1 atom stereocenters. The maximum absolute atomic E-state index is 11.9. The molecule has 21 heavy (non-hydrogen) atoms. The van der Waals surface area contributed by atoms with Gasteiger partial charge in [0.05, 0.1) is 7.11 Å². The van der Waals surface area contributed by atoms with Gasteiger partial charge in [0.25, 0.3) is 0 Å². The molecule has 5 heteroatoms. The van der Waals surface area contributed by atoms with E-state index in [-0.39, 0.29) is 12.0 Å². The minimum atomic E-state index is -0.256. The topological polar surface area (TPSA) is 63.3 Å². The van der Waals surface area contributed by atoms with Crippen molar-refractivity contribution >= 4 is 16.8 Å². The molecule has 0 unspecified atom stereocenters. The molecule has 3 rings (SSSR count). The van der Waals surface area contributed by atoms with Gasteiger partial charge < -0.3 is 19.8 Å².